The van der Waals surface area contributed by atoms with E-state index < -0.39 is 12.1 Å². The van der Waals surface area contributed by atoms with Gasteiger partial charge in [-0.2, -0.15) is 0 Å². The van der Waals surface area contributed by atoms with Crippen LogP contribution >= 0.6 is 23.2 Å². The molecule has 0 aromatic heterocycles. The van der Waals surface area contributed by atoms with Crippen LogP contribution in [-0.4, -0.2) is 35.9 Å². The number of aryl methyl sites for hydroxylation is 1. The molecule has 0 saturated carbocycles. The van der Waals surface area contributed by atoms with Gasteiger partial charge in [-0.25, -0.2) is 0 Å². The van der Waals surface area contributed by atoms with Crippen molar-refractivity contribution in [2.24, 2.45) is 0 Å². The van der Waals surface area contributed by atoms with E-state index in [1.165, 1.54) is 0 Å². The first-order chi connectivity index (χ1) is 15.9. The summed E-state index contributed by atoms with van der Waals surface area (Å²) in [5.74, 6) is -0.0478. The van der Waals surface area contributed by atoms with Gasteiger partial charge < -0.3 is 10.1 Å². The fourth-order valence-electron chi connectivity index (χ4n) is 3.67. The van der Waals surface area contributed by atoms with Crippen molar-refractivity contribution in [3.63, 3.8) is 0 Å². The molecule has 2 atom stereocenters. The standard InChI is InChI=1S/C25H21Cl2N3O3/c1-15-3-5-16(6-4-15)23-22(28-24(31)17-8-11-20(33-2)12-9-17)25(32)29-30(23)14-18-7-10-19(26)13-21(18)27/h3-14,22-23H,1-2H3,(H-,28,29,31,32)/p+1/b30-14-/t22-,23-/m0/s1. The third-order valence-electron chi connectivity index (χ3n) is 5.44. The number of halogens is 2. The van der Waals surface area contributed by atoms with Crippen LogP contribution in [0.2, 0.25) is 10.0 Å². The summed E-state index contributed by atoms with van der Waals surface area (Å²) in [6.45, 7) is 1.99. The van der Waals surface area contributed by atoms with Crippen molar-refractivity contribution in [1.82, 2.24) is 10.7 Å². The molecule has 1 aliphatic heterocycles. The zero-order valence-electron chi connectivity index (χ0n) is 18.0. The van der Waals surface area contributed by atoms with Crippen LogP contribution < -0.4 is 15.5 Å². The van der Waals surface area contributed by atoms with E-state index in [9.17, 15) is 9.59 Å². The number of rotatable bonds is 5. The molecule has 1 saturated heterocycles. The predicted octanol–water partition coefficient (Wildman–Crippen LogP) is 4.33. The number of hydrazine groups is 1. The van der Waals surface area contributed by atoms with Gasteiger partial charge in [0.25, 0.3) is 5.91 Å². The molecule has 168 valence electrons. The van der Waals surface area contributed by atoms with Gasteiger partial charge in [0.2, 0.25) is 12.3 Å². The molecule has 1 aliphatic rings. The first-order valence-corrected chi connectivity index (χ1v) is 11.0. The average Bonchev–Trinajstić information content (AvgIpc) is 3.10. The van der Waals surface area contributed by atoms with Crippen molar-refractivity contribution in [2.75, 3.05) is 7.11 Å². The van der Waals surface area contributed by atoms with E-state index in [1.807, 2.05) is 31.2 Å². The molecular formula is C25H22Cl2N3O3+. The average molecular weight is 483 g/mol. The van der Waals surface area contributed by atoms with E-state index in [2.05, 4.69) is 10.7 Å². The molecule has 0 bridgehead atoms. The maximum Gasteiger partial charge on any atom is 0.304 e. The quantitative estimate of drug-likeness (QED) is 0.531. The van der Waals surface area contributed by atoms with E-state index >= 15 is 0 Å². The highest BCUT2D eigenvalue weighted by Gasteiger charge is 2.47. The van der Waals surface area contributed by atoms with E-state index in [0.29, 0.717) is 26.9 Å². The Morgan fingerprint density at radius 3 is 2.39 bits per heavy atom. The summed E-state index contributed by atoms with van der Waals surface area (Å²) in [5.41, 5.74) is 5.90. The van der Waals surface area contributed by atoms with Crippen molar-refractivity contribution in [3.8, 4) is 5.75 Å². The molecule has 2 N–H and O–H groups in total. The van der Waals surface area contributed by atoms with Gasteiger partial charge in [0.1, 0.15) is 5.75 Å². The lowest BCUT2D eigenvalue weighted by Crippen LogP contribution is -2.42. The molecule has 4 rings (SSSR count). The van der Waals surface area contributed by atoms with Crippen LogP contribution in [0, 0.1) is 6.92 Å². The van der Waals surface area contributed by atoms with Gasteiger partial charge in [0, 0.05) is 16.1 Å². The Kier molecular flexibility index (Phi) is 6.67. The molecule has 0 unspecified atom stereocenters. The van der Waals surface area contributed by atoms with Gasteiger partial charge in [-0.15, -0.1) is 10.1 Å². The lowest BCUT2D eigenvalue weighted by atomic mass is 9.98. The number of carbonyl (C=O) groups excluding carboxylic acids is 2. The summed E-state index contributed by atoms with van der Waals surface area (Å²) in [7, 11) is 1.56. The summed E-state index contributed by atoms with van der Waals surface area (Å²) in [6.07, 6.45) is 1.74. The van der Waals surface area contributed by atoms with E-state index in [4.69, 9.17) is 27.9 Å². The Labute approximate surface area is 201 Å². The largest absolute Gasteiger partial charge is 0.497 e. The Morgan fingerprint density at radius 2 is 1.76 bits per heavy atom. The molecule has 0 aliphatic carbocycles. The Balaban J connectivity index is 1.70. The highest BCUT2D eigenvalue weighted by atomic mass is 35.5. The van der Waals surface area contributed by atoms with E-state index in [1.54, 1.807) is 60.5 Å². The van der Waals surface area contributed by atoms with Crippen molar-refractivity contribution >= 4 is 41.2 Å². The molecule has 0 radical (unpaired) electrons. The first-order valence-electron chi connectivity index (χ1n) is 10.3. The molecule has 1 fully saturated rings. The summed E-state index contributed by atoms with van der Waals surface area (Å²) in [6, 6.07) is 18.3. The maximum absolute atomic E-state index is 13.0. The molecule has 1 heterocycles. The highest BCUT2D eigenvalue weighted by Crippen LogP contribution is 2.27. The van der Waals surface area contributed by atoms with Crippen LogP contribution in [0.15, 0.2) is 66.7 Å². The van der Waals surface area contributed by atoms with Gasteiger partial charge in [-0.3, -0.25) is 9.59 Å². The monoisotopic (exact) mass is 482 g/mol. The Hall–Kier alpha value is -3.35. The van der Waals surface area contributed by atoms with Crippen LogP contribution in [0.5, 0.6) is 5.75 Å². The molecule has 3 aromatic carbocycles. The lowest BCUT2D eigenvalue weighted by Gasteiger charge is -2.15. The minimum Gasteiger partial charge on any atom is -0.497 e. The second kappa shape index (κ2) is 9.65. The number of carbonyl (C=O) groups is 2. The van der Waals surface area contributed by atoms with Crippen molar-refractivity contribution in [1.29, 1.82) is 0 Å². The van der Waals surface area contributed by atoms with Gasteiger partial charge in [-0.05, 0) is 49.4 Å². The number of nitrogens with zero attached hydrogens (tertiary/aromatic N) is 1. The van der Waals surface area contributed by atoms with Crippen molar-refractivity contribution in [2.45, 2.75) is 19.0 Å². The van der Waals surface area contributed by atoms with Crippen molar-refractivity contribution < 1.29 is 19.0 Å². The number of methoxy groups -OCH3 is 1. The zero-order chi connectivity index (χ0) is 23.5. The second-order valence-corrected chi connectivity index (χ2v) is 8.56. The second-order valence-electron chi connectivity index (χ2n) is 7.71. The number of amides is 2. The first kappa shape index (κ1) is 22.8. The SMILES string of the molecule is COc1ccc(C(=O)N[C@@H]2C(=O)N/[N+](=C\c3ccc(Cl)cc3Cl)[C@H]2c2ccc(C)cc2)cc1. The van der Waals surface area contributed by atoms with Crippen LogP contribution in [0.25, 0.3) is 0 Å². The number of hydrogen-bond donors (Lipinski definition) is 2. The molecule has 0 spiro atoms. The molecule has 33 heavy (non-hydrogen) atoms. The normalized spacial score (nSPS) is 18.8. The van der Waals surface area contributed by atoms with Gasteiger partial charge in [0.05, 0.1) is 17.7 Å². The number of ether oxygens (including phenoxy) is 1. The van der Waals surface area contributed by atoms with Crippen LogP contribution in [-0.2, 0) is 4.79 Å². The fourth-order valence-corrected chi connectivity index (χ4v) is 4.12. The summed E-state index contributed by atoms with van der Waals surface area (Å²) in [5, 5.41) is 3.84. The van der Waals surface area contributed by atoms with E-state index in [-0.39, 0.29) is 11.8 Å². The van der Waals surface area contributed by atoms with Gasteiger partial charge in [0.15, 0.2) is 6.04 Å². The topological polar surface area (TPSA) is 70.4 Å². The zero-order valence-corrected chi connectivity index (χ0v) is 19.5. The Morgan fingerprint density at radius 1 is 1.06 bits per heavy atom. The Bertz CT molecular complexity index is 1220. The summed E-state index contributed by atoms with van der Waals surface area (Å²) in [4.78, 5) is 25.9. The van der Waals surface area contributed by atoms with Crippen LogP contribution in [0.3, 0.4) is 0 Å². The summed E-state index contributed by atoms with van der Waals surface area (Å²) < 4.78 is 6.81. The smallest absolute Gasteiger partial charge is 0.304 e. The van der Waals surface area contributed by atoms with Gasteiger partial charge in [-0.1, -0.05) is 53.0 Å². The highest BCUT2D eigenvalue weighted by molar-refractivity contribution is 6.36. The third kappa shape index (κ3) is 5.02. The number of benzene rings is 3. The molecular weight excluding hydrogens is 461 g/mol. The van der Waals surface area contributed by atoms with Crippen molar-refractivity contribution in [3.05, 3.63) is 99.0 Å². The van der Waals surface area contributed by atoms with E-state index in [0.717, 1.165) is 11.1 Å². The minimum absolute atomic E-state index is 0.330. The number of hydrogen-bond acceptors (Lipinski definition) is 3. The van der Waals surface area contributed by atoms with Crippen LogP contribution in [0.1, 0.15) is 33.1 Å². The predicted molar refractivity (Wildman–Crippen MR) is 128 cm³/mol. The molecule has 6 nitrogen and oxygen atoms in total. The fraction of sp³-hybridized carbons (Fsp3) is 0.160. The molecule has 3 aromatic rings. The number of nitrogens with one attached hydrogen (secondary N) is 2. The summed E-state index contributed by atoms with van der Waals surface area (Å²) >= 11 is 12.4. The third-order valence-corrected chi connectivity index (χ3v) is 6.00. The van der Waals surface area contributed by atoms with Crippen LogP contribution in [0.4, 0.5) is 0 Å². The minimum atomic E-state index is -0.829. The lowest BCUT2D eigenvalue weighted by molar-refractivity contribution is -0.596. The number of hydrazone groups is 1. The van der Waals surface area contributed by atoms with Gasteiger partial charge >= 0.3 is 5.91 Å². The molecule has 8 heteroatoms. The molecule has 2 amide bonds. The maximum atomic E-state index is 13.0.